The fourth-order valence-electron chi connectivity index (χ4n) is 2.98. The predicted molar refractivity (Wildman–Crippen MR) is 89.8 cm³/mol. The lowest BCUT2D eigenvalue weighted by Crippen LogP contribution is -2.47. The van der Waals surface area contributed by atoms with Crippen molar-refractivity contribution in [3.05, 3.63) is 47.9 Å². The van der Waals surface area contributed by atoms with Crippen LogP contribution in [0.1, 0.15) is 0 Å². The van der Waals surface area contributed by atoms with Crippen molar-refractivity contribution in [2.45, 2.75) is 0 Å². The van der Waals surface area contributed by atoms with Crippen molar-refractivity contribution in [1.82, 2.24) is 15.0 Å². The minimum atomic E-state index is 0.763. The molecule has 3 aromatic rings. The second kappa shape index (κ2) is 5.50. The number of aromatic amines is 1. The Bertz CT molecular complexity index is 778. The third-order valence-electron chi connectivity index (χ3n) is 4.07. The van der Waals surface area contributed by atoms with E-state index in [9.17, 15) is 0 Å². The Morgan fingerprint density at radius 3 is 2.50 bits per heavy atom. The van der Waals surface area contributed by atoms with Gasteiger partial charge in [-0.1, -0.05) is 11.6 Å². The molecule has 3 heterocycles. The van der Waals surface area contributed by atoms with Gasteiger partial charge in [0.1, 0.15) is 0 Å². The van der Waals surface area contributed by atoms with Crippen molar-refractivity contribution < 1.29 is 0 Å². The van der Waals surface area contributed by atoms with Gasteiger partial charge in [-0.25, -0.2) is 9.97 Å². The Balaban J connectivity index is 1.57. The fraction of sp³-hybridized carbons (Fsp3) is 0.250. The molecule has 1 aliphatic rings. The third-order valence-corrected chi connectivity index (χ3v) is 4.29. The van der Waals surface area contributed by atoms with E-state index < -0.39 is 0 Å². The van der Waals surface area contributed by atoms with Crippen molar-refractivity contribution in [3.8, 4) is 0 Å². The first-order chi connectivity index (χ1) is 10.8. The summed E-state index contributed by atoms with van der Waals surface area (Å²) < 4.78 is 0. The Labute approximate surface area is 133 Å². The molecular formula is C16H16ClN5. The summed E-state index contributed by atoms with van der Waals surface area (Å²) >= 11 is 6.25. The summed E-state index contributed by atoms with van der Waals surface area (Å²) in [5.41, 5.74) is 2.27. The first-order valence-electron chi connectivity index (χ1n) is 7.35. The van der Waals surface area contributed by atoms with Crippen LogP contribution in [0.15, 0.2) is 42.9 Å². The van der Waals surface area contributed by atoms with Gasteiger partial charge in [-0.2, -0.15) is 0 Å². The zero-order valence-electron chi connectivity index (χ0n) is 12.0. The molecule has 0 unspecified atom stereocenters. The van der Waals surface area contributed by atoms with Gasteiger partial charge in [0.05, 0.1) is 0 Å². The number of fused-ring (bicyclic) bond motifs is 1. The van der Waals surface area contributed by atoms with Crippen molar-refractivity contribution >= 4 is 34.1 Å². The smallest absolute Gasteiger partial charge is 0.225 e. The third kappa shape index (κ3) is 2.37. The van der Waals surface area contributed by atoms with Crippen LogP contribution < -0.4 is 9.80 Å². The Morgan fingerprint density at radius 1 is 1.00 bits per heavy atom. The fourth-order valence-corrected chi connectivity index (χ4v) is 3.19. The highest BCUT2D eigenvalue weighted by Crippen LogP contribution is 2.31. The number of rotatable bonds is 2. The van der Waals surface area contributed by atoms with E-state index in [4.69, 9.17) is 11.6 Å². The molecule has 0 aliphatic carbocycles. The van der Waals surface area contributed by atoms with Crippen LogP contribution in [0.5, 0.6) is 0 Å². The molecule has 2 aromatic heterocycles. The number of piperazine rings is 1. The van der Waals surface area contributed by atoms with Gasteiger partial charge in [0, 0.05) is 66.4 Å². The van der Waals surface area contributed by atoms with E-state index in [-0.39, 0.29) is 0 Å². The molecule has 0 atom stereocenters. The highest BCUT2D eigenvalue weighted by Gasteiger charge is 2.20. The number of hydrogen-bond donors (Lipinski definition) is 1. The van der Waals surface area contributed by atoms with E-state index in [0.717, 1.165) is 42.7 Å². The number of nitrogens with zero attached hydrogens (tertiary/aromatic N) is 4. The van der Waals surface area contributed by atoms with E-state index in [1.54, 1.807) is 12.4 Å². The summed E-state index contributed by atoms with van der Waals surface area (Å²) in [4.78, 5) is 16.5. The topological polar surface area (TPSA) is 48.1 Å². The number of benzene rings is 1. The molecule has 0 spiro atoms. The molecule has 1 fully saturated rings. The van der Waals surface area contributed by atoms with Crippen LogP contribution in [-0.2, 0) is 0 Å². The summed E-state index contributed by atoms with van der Waals surface area (Å²) in [5, 5.41) is 1.98. The molecule has 4 rings (SSSR count). The van der Waals surface area contributed by atoms with Gasteiger partial charge in [-0.15, -0.1) is 0 Å². The van der Waals surface area contributed by atoms with Gasteiger partial charge >= 0.3 is 0 Å². The molecule has 112 valence electrons. The predicted octanol–water partition coefficient (Wildman–Crippen LogP) is 2.94. The monoisotopic (exact) mass is 313 g/mol. The maximum absolute atomic E-state index is 6.25. The van der Waals surface area contributed by atoms with Crippen molar-refractivity contribution in [1.29, 1.82) is 0 Å². The van der Waals surface area contributed by atoms with Crippen molar-refractivity contribution in [2.24, 2.45) is 0 Å². The van der Waals surface area contributed by atoms with Crippen LogP contribution in [0.4, 0.5) is 11.6 Å². The number of hydrogen-bond acceptors (Lipinski definition) is 4. The molecule has 0 saturated carbocycles. The molecule has 22 heavy (non-hydrogen) atoms. The van der Waals surface area contributed by atoms with Crippen molar-refractivity contribution in [3.63, 3.8) is 0 Å². The SMILES string of the molecule is Clc1cc(N2CCN(c3ncccn3)CC2)c2cc[nH]c2c1. The molecular weight excluding hydrogens is 298 g/mol. The maximum atomic E-state index is 6.25. The van der Waals surface area contributed by atoms with Crippen LogP contribution in [0.3, 0.4) is 0 Å². The molecule has 1 aliphatic heterocycles. The molecule has 0 radical (unpaired) electrons. The number of aromatic nitrogens is 3. The minimum Gasteiger partial charge on any atom is -0.367 e. The maximum Gasteiger partial charge on any atom is 0.225 e. The molecule has 6 heteroatoms. The standard InChI is InChI=1S/C16H16ClN5/c17-12-10-14-13(2-5-18-14)15(11-12)21-6-8-22(9-7-21)16-19-3-1-4-20-16/h1-5,10-11,18H,6-9H2. The number of anilines is 2. The number of halogens is 1. The summed E-state index contributed by atoms with van der Waals surface area (Å²) in [7, 11) is 0. The van der Waals surface area contributed by atoms with Gasteiger partial charge in [0.15, 0.2) is 0 Å². The van der Waals surface area contributed by atoms with E-state index in [2.05, 4.69) is 30.8 Å². The average Bonchev–Trinajstić information content (AvgIpc) is 3.03. The van der Waals surface area contributed by atoms with Gasteiger partial charge < -0.3 is 14.8 Å². The van der Waals surface area contributed by atoms with Crippen molar-refractivity contribution in [2.75, 3.05) is 36.0 Å². The molecule has 1 saturated heterocycles. The molecule has 1 aromatic carbocycles. The van der Waals surface area contributed by atoms with Crippen LogP contribution in [-0.4, -0.2) is 41.1 Å². The average molecular weight is 314 g/mol. The summed E-state index contributed by atoms with van der Waals surface area (Å²) in [5.74, 6) is 0.806. The first-order valence-corrected chi connectivity index (χ1v) is 7.72. The van der Waals surface area contributed by atoms with E-state index in [1.165, 1.54) is 11.1 Å². The second-order valence-electron chi connectivity index (χ2n) is 5.39. The van der Waals surface area contributed by atoms with Gasteiger partial charge in [0.25, 0.3) is 0 Å². The van der Waals surface area contributed by atoms with Gasteiger partial charge in [0.2, 0.25) is 5.95 Å². The van der Waals surface area contributed by atoms with Crippen LogP contribution in [0.25, 0.3) is 10.9 Å². The van der Waals surface area contributed by atoms with Crippen LogP contribution in [0, 0.1) is 0 Å². The lowest BCUT2D eigenvalue weighted by Gasteiger charge is -2.36. The number of nitrogens with one attached hydrogen (secondary N) is 1. The zero-order valence-corrected chi connectivity index (χ0v) is 12.8. The Morgan fingerprint density at radius 2 is 1.73 bits per heavy atom. The number of H-pyrrole nitrogens is 1. The Kier molecular flexibility index (Phi) is 3.35. The molecule has 5 nitrogen and oxygen atoms in total. The van der Waals surface area contributed by atoms with E-state index in [0.29, 0.717) is 0 Å². The Hall–Kier alpha value is -2.27. The largest absolute Gasteiger partial charge is 0.367 e. The van der Waals surface area contributed by atoms with Crippen LogP contribution >= 0.6 is 11.6 Å². The summed E-state index contributed by atoms with van der Waals surface area (Å²) in [6.45, 7) is 3.67. The normalized spacial score (nSPS) is 15.5. The lowest BCUT2D eigenvalue weighted by molar-refractivity contribution is 0.641. The minimum absolute atomic E-state index is 0.763. The molecule has 1 N–H and O–H groups in total. The van der Waals surface area contributed by atoms with Gasteiger partial charge in [-0.05, 0) is 24.3 Å². The highest BCUT2D eigenvalue weighted by molar-refractivity contribution is 6.31. The molecule has 0 amide bonds. The van der Waals surface area contributed by atoms with Crippen LogP contribution in [0.2, 0.25) is 5.02 Å². The zero-order chi connectivity index (χ0) is 14.9. The van der Waals surface area contributed by atoms with Gasteiger partial charge in [-0.3, -0.25) is 0 Å². The first kappa shape index (κ1) is 13.4. The summed E-state index contributed by atoms with van der Waals surface area (Å²) in [6, 6.07) is 7.96. The summed E-state index contributed by atoms with van der Waals surface area (Å²) in [6.07, 6.45) is 5.53. The quantitative estimate of drug-likeness (QED) is 0.790. The second-order valence-corrected chi connectivity index (χ2v) is 5.82. The lowest BCUT2D eigenvalue weighted by atomic mass is 10.1. The van der Waals surface area contributed by atoms with E-state index >= 15 is 0 Å². The molecule has 0 bridgehead atoms. The highest BCUT2D eigenvalue weighted by atomic mass is 35.5. The van der Waals surface area contributed by atoms with E-state index in [1.807, 2.05) is 24.4 Å².